The lowest BCUT2D eigenvalue weighted by Crippen LogP contribution is -2.47. The molecule has 0 atom stereocenters. The molecule has 0 unspecified atom stereocenters. The first-order chi connectivity index (χ1) is 20.4. The van der Waals surface area contributed by atoms with Crippen molar-refractivity contribution in [1.82, 2.24) is 24.8 Å². The Morgan fingerprint density at radius 3 is 2.55 bits per heavy atom. The summed E-state index contributed by atoms with van der Waals surface area (Å²) in [6.45, 7) is 9.72. The molecule has 0 bridgehead atoms. The average Bonchev–Trinajstić information content (AvgIpc) is 3.46. The van der Waals surface area contributed by atoms with Gasteiger partial charge in [0.05, 0.1) is 18.6 Å². The summed E-state index contributed by atoms with van der Waals surface area (Å²) in [4.78, 5) is 45.5. The van der Waals surface area contributed by atoms with Crippen LogP contribution in [0, 0.1) is 0 Å². The first-order valence-corrected chi connectivity index (χ1v) is 14.1. The number of ether oxygens (including phenoxy) is 2. The van der Waals surface area contributed by atoms with Gasteiger partial charge in [-0.3, -0.25) is 14.6 Å². The predicted molar refractivity (Wildman–Crippen MR) is 160 cm³/mol. The maximum absolute atomic E-state index is 13.0. The van der Waals surface area contributed by atoms with Crippen LogP contribution in [0.2, 0.25) is 0 Å². The van der Waals surface area contributed by atoms with Crippen molar-refractivity contribution in [3.05, 3.63) is 73.3 Å². The summed E-state index contributed by atoms with van der Waals surface area (Å²) >= 11 is 0. The number of hydrogen-bond acceptors (Lipinski definition) is 8. The van der Waals surface area contributed by atoms with Gasteiger partial charge in [0, 0.05) is 62.7 Å². The molecule has 2 fully saturated rings. The molecule has 5 heterocycles. The third-order valence-corrected chi connectivity index (χ3v) is 7.80. The highest BCUT2D eigenvalue weighted by molar-refractivity contribution is 6.03. The highest BCUT2D eigenvalue weighted by Gasteiger charge is 2.33. The van der Waals surface area contributed by atoms with Crippen LogP contribution >= 0.6 is 0 Å². The van der Waals surface area contributed by atoms with Gasteiger partial charge >= 0.3 is 0 Å². The quantitative estimate of drug-likeness (QED) is 0.321. The Morgan fingerprint density at radius 1 is 1.05 bits per heavy atom. The Kier molecular flexibility index (Phi) is 7.58. The van der Waals surface area contributed by atoms with Crippen LogP contribution in [0.5, 0.6) is 5.75 Å². The number of aromatic nitrogens is 4. The van der Waals surface area contributed by atoms with Crippen molar-refractivity contribution < 1.29 is 19.1 Å². The van der Waals surface area contributed by atoms with Gasteiger partial charge in [-0.15, -0.1) is 0 Å². The molecule has 216 valence electrons. The van der Waals surface area contributed by atoms with E-state index < -0.39 is 5.60 Å². The molecule has 2 aliphatic heterocycles. The minimum atomic E-state index is -0.444. The number of anilines is 2. The summed E-state index contributed by atoms with van der Waals surface area (Å²) in [5.41, 5.74) is 3.10. The SMILES string of the molecule is C=CC(=O)N1CCC(C)(Oc2ccnc(C(=O)Nc3ccc(-c4cc5c(N6CCOCC6)ncnc5[nH]4)cc3)c2)CC1. The number of pyridine rings is 1. The van der Waals surface area contributed by atoms with Crippen molar-refractivity contribution in [2.75, 3.05) is 49.6 Å². The Labute approximate surface area is 243 Å². The van der Waals surface area contributed by atoms with Crippen LogP contribution in [0.4, 0.5) is 11.5 Å². The molecule has 0 radical (unpaired) electrons. The molecular formula is C31H33N7O4. The van der Waals surface area contributed by atoms with E-state index >= 15 is 0 Å². The summed E-state index contributed by atoms with van der Waals surface area (Å²) in [6, 6.07) is 13.0. The zero-order valence-corrected chi connectivity index (χ0v) is 23.5. The number of likely N-dealkylation sites (tertiary alicyclic amines) is 1. The van der Waals surface area contributed by atoms with E-state index in [-0.39, 0.29) is 17.5 Å². The number of H-pyrrole nitrogens is 1. The molecule has 2 aliphatic rings. The number of carbonyl (C=O) groups excluding carboxylic acids is 2. The molecule has 1 aromatic carbocycles. The van der Waals surface area contributed by atoms with Crippen molar-refractivity contribution >= 4 is 34.4 Å². The zero-order valence-electron chi connectivity index (χ0n) is 23.5. The molecule has 11 nitrogen and oxygen atoms in total. The Balaban J connectivity index is 1.11. The monoisotopic (exact) mass is 567 g/mol. The highest BCUT2D eigenvalue weighted by atomic mass is 16.5. The fraction of sp³-hybridized carbons (Fsp3) is 0.323. The molecule has 3 aromatic heterocycles. The number of nitrogens with one attached hydrogen (secondary N) is 2. The van der Waals surface area contributed by atoms with E-state index in [9.17, 15) is 9.59 Å². The first-order valence-electron chi connectivity index (χ1n) is 14.1. The number of nitrogens with zero attached hydrogens (tertiary/aromatic N) is 5. The fourth-order valence-corrected chi connectivity index (χ4v) is 5.35. The van der Waals surface area contributed by atoms with Crippen LogP contribution in [0.3, 0.4) is 0 Å². The maximum atomic E-state index is 13.0. The number of rotatable bonds is 7. The smallest absolute Gasteiger partial charge is 0.274 e. The molecule has 11 heteroatoms. The molecular weight excluding hydrogens is 534 g/mol. The van der Waals surface area contributed by atoms with Gasteiger partial charge < -0.3 is 29.6 Å². The Hall–Kier alpha value is -4.77. The number of morpholine rings is 1. The second-order valence-electron chi connectivity index (χ2n) is 10.7. The van der Waals surface area contributed by atoms with Gasteiger partial charge in [0.2, 0.25) is 5.91 Å². The molecule has 6 rings (SSSR count). The predicted octanol–water partition coefficient (Wildman–Crippen LogP) is 4.05. The number of fused-ring (bicyclic) bond motifs is 1. The van der Waals surface area contributed by atoms with Gasteiger partial charge in [-0.25, -0.2) is 9.97 Å². The van der Waals surface area contributed by atoms with Crippen LogP contribution in [0.25, 0.3) is 22.3 Å². The van der Waals surface area contributed by atoms with Gasteiger partial charge in [-0.1, -0.05) is 18.7 Å². The molecule has 42 heavy (non-hydrogen) atoms. The standard InChI is InChI=1S/C31H33N7O4/c1-3-27(39)37-12-9-31(2,10-13-37)42-23-8-11-32-26(18-23)30(40)35-22-6-4-21(5-7-22)25-19-24-28(36-25)33-20-34-29(24)38-14-16-41-17-15-38/h3-8,11,18-20H,1,9-10,12-17H2,2H3,(H,35,40)(H,33,34,36). The first kappa shape index (κ1) is 27.4. The second kappa shape index (κ2) is 11.6. The Morgan fingerprint density at radius 2 is 1.81 bits per heavy atom. The third kappa shape index (κ3) is 5.82. The zero-order chi connectivity index (χ0) is 29.1. The van der Waals surface area contributed by atoms with E-state index in [0.29, 0.717) is 50.6 Å². The lowest BCUT2D eigenvalue weighted by atomic mass is 9.93. The third-order valence-electron chi connectivity index (χ3n) is 7.80. The maximum Gasteiger partial charge on any atom is 0.274 e. The molecule has 0 spiro atoms. The van der Waals surface area contributed by atoms with Crippen molar-refractivity contribution in [3.8, 4) is 17.0 Å². The largest absolute Gasteiger partial charge is 0.487 e. The van der Waals surface area contributed by atoms with E-state index in [2.05, 4.69) is 42.8 Å². The van der Waals surface area contributed by atoms with Gasteiger partial charge in [-0.05, 0) is 42.8 Å². The minimum absolute atomic E-state index is 0.0681. The summed E-state index contributed by atoms with van der Waals surface area (Å²) in [7, 11) is 0. The number of amides is 2. The lowest BCUT2D eigenvalue weighted by molar-refractivity contribution is -0.129. The number of carbonyl (C=O) groups is 2. The van der Waals surface area contributed by atoms with Crippen LogP contribution in [-0.4, -0.2) is 81.6 Å². The molecule has 0 saturated carbocycles. The number of piperidine rings is 1. The van der Waals surface area contributed by atoms with E-state index in [4.69, 9.17) is 9.47 Å². The van der Waals surface area contributed by atoms with Crippen LogP contribution in [0.1, 0.15) is 30.3 Å². The highest BCUT2D eigenvalue weighted by Crippen LogP contribution is 2.31. The summed E-state index contributed by atoms with van der Waals surface area (Å²) in [5, 5.41) is 3.88. The van der Waals surface area contributed by atoms with Crippen LogP contribution in [0.15, 0.2) is 67.6 Å². The number of hydrogen-bond donors (Lipinski definition) is 2. The van der Waals surface area contributed by atoms with Crippen molar-refractivity contribution in [2.45, 2.75) is 25.4 Å². The number of benzene rings is 1. The average molecular weight is 568 g/mol. The molecule has 2 amide bonds. The van der Waals surface area contributed by atoms with Gasteiger partial charge in [0.15, 0.2) is 0 Å². The van der Waals surface area contributed by atoms with Crippen molar-refractivity contribution in [3.63, 3.8) is 0 Å². The molecule has 0 aliphatic carbocycles. The van der Waals surface area contributed by atoms with Crippen molar-refractivity contribution in [1.29, 1.82) is 0 Å². The van der Waals surface area contributed by atoms with E-state index in [1.807, 2.05) is 31.2 Å². The number of aromatic amines is 1. The van der Waals surface area contributed by atoms with Crippen LogP contribution in [-0.2, 0) is 9.53 Å². The summed E-state index contributed by atoms with van der Waals surface area (Å²) in [5.74, 6) is 1.06. The summed E-state index contributed by atoms with van der Waals surface area (Å²) in [6.07, 6.45) is 5.84. The van der Waals surface area contributed by atoms with Crippen molar-refractivity contribution in [2.24, 2.45) is 0 Å². The Bertz CT molecular complexity index is 1600. The van der Waals surface area contributed by atoms with E-state index in [0.717, 1.165) is 41.2 Å². The fourth-order valence-electron chi connectivity index (χ4n) is 5.35. The van der Waals surface area contributed by atoms with E-state index in [1.165, 1.54) is 6.08 Å². The topological polar surface area (TPSA) is 126 Å². The molecule has 2 saturated heterocycles. The van der Waals surface area contributed by atoms with Crippen LogP contribution < -0.4 is 15.0 Å². The summed E-state index contributed by atoms with van der Waals surface area (Å²) < 4.78 is 11.8. The normalized spacial score (nSPS) is 16.7. The van der Waals surface area contributed by atoms with Gasteiger partial charge in [0.25, 0.3) is 5.91 Å². The molecule has 4 aromatic rings. The minimum Gasteiger partial charge on any atom is -0.487 e. The van der Waals surface area contributed by atoms with Gasteiger partial charge in [-0.2, -0.15) is 0 Å². The molecule has 2 N–H and O–H groups in total. The van der Waals surface area contributed by atoms with E-state index in [1.54, 1.807) is 29.6 Å². The van der Waals surface area contributed by atoms with Gasteiger partial charge in [0.1, 0.15) is 34.8 Å². The lowest BCUT2D eigenvalue weighted by Gasteiger charge is -2.39. The second-order valence-corrected chi connectivity index (χ2v) is 10.7.